The first-order chi connectivity index (χ1) is 8.65. The third-order valence-corrected chi connectivity index (χ3v) is 4.92. The van der Waals surface area contributed by atoms with Crippen LogP contribution in [0, 0.1) is 0 Å². The molecule has 0 aliphatic carbocycles. The van der Waals surface area contributed by atoms with E-state index in [2.05, 4.69) is 6.92 Å². The van der Waals surface area contributed by atoms with Crippen LogP contribution in [0.4, 0.5) is 0 Å². The fraction of sp³-hybridized carbons (Fsp3) is 0.846. The molecule has 0 aromatic carbocycles. The summed E-state index contributed by atoms with van der Waals surface area (Å²) >= 11 is 1.82. The van der Waals surface area contributed by atoms with Gasteiger partial charge in [-0.1, -0.05) is 6.92 Å². The van der Waals surface area contributed by atoms with Crippen molar-refractivity contribution in [2.75, 3.05) is 24.6 Å². The lowest BCUT2D eigenvalue weighted by Gasteiger charge is -2.44. The predicted octanol–water partition coefficient (Wildman–Crippen LogP) is 1.35. The Kier molecular flexibility index (Phi) is 4.54. The van der Waals surface area contributed by atoms with Crippen molar-refractivity contribution in [3.8, 4) is 0 Å². The molecular weight excluding hydrogens is 248 g/mol. The summed E-state index contributed by atoms with van der Waals surface area (Å²) in [5.74, 6) is 2.27. The van der Waals surface area contributed by atoms with Gasteiger partial charge in [0.25, 0.3) is 0 Å². The van der Waals surface area contributed by atoms with Crippen LogP contribution in [-0.4, -0.2) is 58.3 Å². The van der Waals surface area contributed by atoms with E-state index in [1.807, 2.05) is 18.7 Å². The highest BCUT2D eigenvalue weighted by atomic mass is 32.2. The van der Waals surface area contributed by atoms with Gasteiger partial charge in [0.15, 0.2) is 0 Å². The van der Waals surface area contributed by atoms with Gasteiger partial charge in [0.05, 0.1) is 0 Å². The zero-order valence-electron chi connectivity index (χ0n) is 11.2. The van der Waals surface area contributed by atoms with Crippen molar-refractivity contribution >= 4 is 23.6 Å². The van der Waals surface area contributed by atoms with Crippen molar-refractivity contribution in [2.45, 2.75) is 45.2 Å². The fourth-order valence-electron chi connectivity index (χ4n) is 2.74. The van der Waals surface area contributed by atoms with Gasteiger partial charge in [-0.25, -0.2) is 0 Å². The lowest BCUT2D eigenvalue weighted by atomic mass is 9.97. The van der Waals surface area contributed by atoms with Crippen LogP contribution in [0.3, 0.4) is 0 Å². The van der Waals surface area contributed by atoms with Gasteiger partial charge in [0, 0.05) is 18.3 Å². The molecule has 0 spiro atoms. The highest BCUT2D eigenvalue weighted by molar-refractivity contribution is 7.99. The summed E-state index contributed by atoms with van der Waals surface area (Å²) in [6.45, 7) is 5.21. The first-order valence-corrected chi connectivity index (χ1v) is 7.98. The molecule has 0 aromatic rings. The van der Waals surface area contributed by atoms with Crippen LogP contribution in [0.2, 0.25) is 0 Å². The van der Waals surface area contributed by atoms with Crippen LogP contribution in [0.5, 0.6) is 0 Å². The number of nitrogens with zero attached hydrogens (tertiary/aromatic N) is 2. The molecule has 2 fully saturated rings. The van der Waals surface area contributed by atoms with Crippen molar-refractivity contribution in [1.29, 1.82) is 0 Å². The number of fused-ring (bicyclic) bond motifs is 1. The number of thioether (sulfide) groups is 1. The lowest BCUT2D eigenvalue weighted by molar-refractivity contribution is -0.159. The molecule has 0 radical (unpaired) electrons. The summed E-state index contributed by atoms with van der Waals surface area (Å²) < 4.78 is 0. The van der Waals surface area contributed by atoms with E-state index in [-0.39, 0.29) is 30.4 Å². The van der Waals surface area contributed by atoms with Gasteiger partial charge in [-0.3, -0.25) is 9.59 Å². The molecule has 2 saturated heterocycles. The zero-order chi connectivity index (χ0) is 13.1. The smallest absolute Gasteiger partial charge is 0.246 e. The quantitative estimate of drug-likeness (QED) is 0.774. The summed E-state index contributed by atoms with van der Waals surface area (Å²) in [4.78, 5) is 28.1. The Balaban J connectivity index is 2.04. The molecule has 2 amide bonds. The predicted molar refractivity (Wildman–Crippen MR) is 73.5 cm³/mol. The lowest BCUT2D eigenvalue weighted by Crippen LogP contribution is -2.63. The summed E-state index contributed by atoms with van der Waals surface area (Å²) in [5.41, 5.74) is 0. The van der Waals surface area contributed by atoms with Crippen LogP contribution in [0.15, 0.2) is 0 Å². The number of carbonyl (C=O) groups excluding carboxylic acids is 2. The second-order valence-corrected chi connectivity index (χ2v) is 6.39. The number of carbonyl (C=O) groups is 2. The van der Waals surface area contributed by atoms with Gasteiger partial charge < -0.3 is 9.80 Å². The van der Waals surface area contributed by atoms with E-state index in [4.69, 9.17) is 0 Å². The molecule has 102 valence electrons. The molecule has 2 rings (SSSR count). The SMILES string of the molecule is CCSCC(C)N1CC(=O)N2CCCCC2C1=O. The van der Waals surface area contributed by atoms with E-state index in [0.29, 0.717) is 0 Å². The highest BCUT2D eigenvalue weighted by Crippen LogP contribution is 2.24. The van der Waals surface area contributed by atoms with Crippen LogP contribution >= 0.6 is 11.8 Å². The maximum atomic E-state index is 12.4. The number of piperazine rings is 1. The van der Waals surface area contributed by atoms with E-state index in [0.717, 1.165) is 37.3 Å². The Morgan fingerprint density at radius 1 is 1.39 bits per heavy atom. The molecule has 4 nitrogen and oxygen atoms in total. The third kappa shape index (κ3) is 2.66. The minimum Gasteiger partial charge on any atom is -0.329 e. The number of rotatable bonds is 4. The largest absolute Gasteiger partial charge is 0.329 e. The van der Waals surface area contributed by atoms with Gasteiger partial charge in [-0.05, 0) is 31.9 Å². The Morgan fingerprint density at radius 2 is 2.17 bits per heavy atom. The van der Waals surface area contributed by atoms with Gasteiger partial charge in [0.1, 0.15) is 12.6 Å². The van der Waals surface area contributed by atoms with Crippen molar-refractivity contribution in [1.82, 2.24) is 9.80 Å². The average molecular weight is 270 g/mol. The minimum atomic E-state index is -0.172. The Labute approximate surface area is 113 Å². The Bertz CT molecular complexity index is 335. The molecule has 2 aliphatic heterocycles. The van der Waals surface area contributed by atoms with Crippen LogP contribution in [0.25, 0.3) is 0 Å². The normalized spacial score (nSPS) is 26.2. The van der Waals surface area contributed by atoms with Crippen molar-refractivity contribution in [3.05, 3.63) is 0 Å². The second kappa shape index (κ2) is 5.95. The number of hydrogen-bond acceptors (Lipinski definition) is 3. The molecule has 0 N–H and O–H groups in total. The summed E-state index contributed by atoms with van der Waals surface area (Å²) in [7, 11) is 0. The van der Waals surface area contributed by atoms with Gasteiger partial charge >= 0.3 is 0 Å². The van der Waals surface area contributed by atoms with Gasteiger partial charge in [0.2, 0.25) is 11.8 Å². The first-order valence-electron chi connectivity index (χ1n) is 6.82. The Morgan fingerprint density at radius 3 is 2.89 bits per heavy atom. The zero-order valence-corrected chi connectivity index (χ0v) is 12.0. The topological polar surface area (TPSA) is 40.6 Å². The van der Waals surface area contributed by atoms with E-state index >= 15 is 0 Å². The monoisotopic (exact) mass is 270 g/mol. The third-order valence-electron chi connectivity index (χ3n) is 3.79. The van der Waals surface area contributed by atoms with E-state index in [1.165, 1.54) is 0 Å². The highest BCUT2D eigenvalue weighted by Gasteiger charge is 2.41. The molecule has 2 aliphatic rings. The van der Waals surface area contributed by atoms with E-state index < -0.39 is 0 Å². The standard InChI is InChI=1S/C13H22N2O2S/c1-3-18-9-10(2)15-8-12(16)14-7-5-4-6-11(14)13(15)17/h10-11H,3-9H2,1-2H3. The Hall–Kier alpha value is -0.710. The molecule has 2 unspecified atom stereocenters. The fourth-order valence-corrected chi connectivity index (χ4v) is 3.50. The molecule has 5 heteroatoms. The molecule has 0 aromatic heterocycles. The van der Waals surface area contributed by atoms with Crippen molar-refractivity contribution < 1.29 is 9.59 Å². The average Bonchev–Trinajstić information content (AvgIpc) is 2.40. The number of amides is 2. The van der Waals surface area contributed by atoms with Gasteiger partial charge in [-0.2, -0.15) is 11.8 Å². The van der Waals surface area contributed by atoms with Crippen LogP contribution < -0.4 is 0 Å². The summed E-state index contributed by atoms with van der Waals surface area (Å²) in [5, 5.41) is 0. The minimum absolute atomic E-state index is 0.132. The maximum Gasteiger partial charge on any atom is 0.246 e. The summed E-state index contributed by atoms with van der Waals surface area (Å²) in [6, 6.07) is -0.00967. The van der Waals surface area contributed by atoms with Crippen molar-refractivity contribution in [3.63, 3.8) is 0 Å². The second-order valence-electron chi connectivity index (χ2n) is 5.07. The molecule has 2 atom stereocenters. The molecule has 18 heavy (non-hydrogen) atoms. The van der Waals surface area contributed by atoms with Crippen LogP contribution in [0.1, 0.15) is 33.1 Å². The molecule has 0 saturated carbocycles. The van der Waals surface area contributed by atoms with E-state index in [1.54, 1.807) is 9.80 Å². The number of piperidine rings is 1. The first kappa shape index (κ1) is 13.7. The van der Waals surface area contributed by atoms with Gasteiger partial charge in [-0.15, -0.1) is 0 Å². The molecule has 0 bridgehead atoms. The summed E-state index contributed by atoms with van der Waals surface area (Å²) in [6.07, 6.45) is 2.94. The van der Waals surface area contributed by atoms with E-state index in [9.17, 15) is 9.59 Å². The van der Waals surface area contributed by atoms with Crippen molar-refractivity contribution in [2.24, 2.45) is 0 Å². The molecular formula is C13H22N2O2S. The van der Waals surface area contributed by atoms with Crippen LogP contribution in [-0.2, 0) is 9.59 Å². The maximum absolute atomic E-state index is 12.4. The molecule has 2 heterocycles. The number of hydrogen-bond donors (Lipinski definition) is 0.